The lowest BCUT2D eigenvalue weighted by Crippen LogP contribution is -2.33. The first-order valence-corrected chi connectivity index (χ1v) is 12.0. The van der Waals surface area contributed by atoms with E-state index in [1.165, 1.54) is 18.4 Å². The molecule has 2 aromatic carbocycles. The zero-order valence-corrected chi connectivity index (χ0v) is 19.5. The molecule has 1 saturated heterocycles. The maximum absolute atomic E-state index is 13.3. The third-order valence-corrected chi connectivity index (χ3v) is 6.91. The van der Waals surface area contributed by atoms with Gasteiger partial charge < -0.3 is 10.0 Å². The molecule has 0 aliphatic carbocycles. The first-order valence-electron chi connectivity index (χ1n) is 12.0. The van der Waals surface area contributed by atoms with Gasteiger partial charge in [0.25, 0.3) is 0 Å². The van der Waals surface area contributed by atoms with Crippen molar-refractivity contribution in [2.75, 3.05) is 19.6 Å². The van der Waals surface area contributed by atoms with E-state index in [1.54, 1.807) is 24.3 Å². The van der Waals surface area contributed by atoms with E-state index in [9.17, 15) is 9.90 Å². The Morgan fingerprint density at radius 2 is 1.82 bits per heavy atom. The number of aryl methyl sites for hydroxylation is 1. The maximum Gasteiger partial charge on any atom is 0.182 e. The van der Waals surface area contributed by atoms with Crippen LogP contribution in [-0.2, 0) is 0 Å². The molecule has 1 aliphatic rings. The molecule has 6 heteroatoms. The van der Waals surface area contributed by atoms with Crippen LogP contribution in [0.15, 0.2) is 60.7 Å². The minimum atomic E-state index is 0.121. The average Bonchev–Trinajstić information content (AvgIpc) is 3.25. The molecule has 1 fully saturated rings. The highest BCUT2D eigenvalue weighted by Crippen LogP contribution is 2.29. The van der Waals surface area contributed by atoms with E-state index in [0.717, 1.165) is 42.7 Å². The number of aromatic nitrogens is 3. The number of rotatable bonds is 7. The Balaban J connectivity index is 1.24. The standard InChI is InChI=1S/C28H30N4O2/c1-19-27-24(18-25(29-28(27)31-30-19)22-9-11-23(33)12-10-22)26(34)8-5-15-32-16-13-21(14-17-32)20-6-3-2-4-7-20/h2-4,6-7,9-12,18,21,33H,5,8,13-17H2,1H3,(H,29,30,31). The molecule has 5 rings (SSSR count). The summed E-state index contributed by atoms with van der Waals surface area (Å²) < 4.78 is 0. The van der Waals surface area contributed by atoms with Crippen molar-refractivity contribution in [1.29, 1.82) is 0 Å². The van der Waals surface area contributed by atoms with Gasteiger partial charge in [0.15, 0.2) is 11.4 Å². The molecule has 3 heterocycles. The lowest BCUT2D eigenvalue weighted by Gasteiger charge is -2.32. The number of phenols is 1. The fourth-order valence-electron chi connectivity index (χ4n) is 4.99. The number of nitrogens with one attached hydrogen (secondary N) is 1. The van der Waals surface area contributed by atoms with Crippen LogP contribution >= 0.6 is 0 Å². The number of Topliss-reactive ketones (excluding diaryl/α,β-unsaturated/α-hetero) is 1. The number of H-pyrrole nitrogens is 1. The van der Waals surface area contributed by atoms with Crippen molar-refractivity contribution in [2.45, 2.75) is 38.5 Å². The molecule has 0 saturated carbocycles. The minimum Gasteiger partial charge on any atom is -0.508 e. The molecule has 0 atom stereocenters. The summed E-state index contributed by atoms with van der Waals surface area (Å²) in [5.41, 5.74) is 5.04. The van der Waals surface area contributed by atoms with Crippen LogP contribution in [-0.4, -0.2) is 50.6 Å². The predicted molar refractivity (Wildman–Crippen MR) is 134 cm³/mol. The molecule has 1 aliphatic heterocycles. The number of benzene rings is 2. The zero-order valence-electron chi connectivity index (χ0n) is 19.5. The van der Waals surface area contributed by atoms with E-state index in [1.807, 2.05) is 13.0 Å². The Morgan fingerprint density at radius 3 is 2.56 bits per heavy atom. The molecule has 174 valence electrons. The van der Waals surface area contributed by atoms with Crippen LogP contribution in [0.3, 0.4) is 0 Å². The van der Waals surface area contributed by atoms with Gasteiger partial charge in [-0.25, -0.2) is 4.98 Å². The number of aromatic hydroxyl groups is 1. The summed E-state index contributed by atoms with van der Waals surface area (Å²) in [6, 6.07) is 19.5. The van der Waals surface area contributed by atoms with Crippen molar-refractivity contribution in [3.05, 3.63) is 77.5 Å². The summed E-state index contributed by atoms with van der Waals surface area (Å²) in [7, 11) is 0. The fraction of sp³-hybridized carbons (Fsp3) is 0.321. The van der Waals surface area contributed by atoms with Gasteiger partial charge in [-0.1, -0.05) is 30.3 Å². The number of fused-ring (bicyclic) bond motifs is 1. The van der Waals surface area contributed by atoms with Crippen molar-refractivity contribution in [3.63, 3.8) is 0 Å². The molecule has 0 radical (unpaired) electrons. The molecule has 0 spiro atoms. The van der Waals surface area contributed by atoms with E-state index in [4.69, 9.17) is 0 Å². The number of carbonyl (C=O) groups is 1. The van der Waals surface area contributed by atoms with Crippen molar-refractivity contribution < 1.29 is 9.90 Å². The van der Waals surface area contributed by atoms with Crippen LogP contribution in [0, 0.1) is 6.92 Å². The average molecular weight is 455 g/mol. The molecule has 0 amide bonds. The van der Waals surface area contributed by atoms with Crippen molar-refractivity contribution >= 4 is 16.8 Å². The van der Waals surface area contributed by atoms with Crippen molar-refractivity contribution in [1.82, 2.24) is 20.1 Å². The van der Waals surface area contributed by atoms with Gasteiger partial charge in [-0.05, 0) is 87.6 Å². The molecule has 0 unspecified atom stereocenters. The highest BCUT2D eigenvalue weighted by Gasteiger charge is 2.21. The van der Waals surface area contributed by atoms with Crippen LogP contribution in [0.25, 0.3) is 22.3 Å². The van der Waals surface area contributed by atoms with E-state index < -0.39 is 0 Å². The lowest BCUT2D eigenvalue weighted by molar-refractivity contribution is 0.0973. The van der Waals surface area contributed by atoms with Gasteiger partial charge in [-0.3, -0.25) is 9.89 Å². The van der Waals surface area contributed by atoms with Gasteiger partial charge in [0.1, 0.15) is 5.75 Å². The number of aromatic amines is 1. The molecule has 34 heavy (non-hydrogen) atoms. The second kappa shape index (κ2) is 9.77. The summed E-state index contributed by atoms with van der Waals surface area (Å²) in [6.45, 7) is 5.03. The van der Waals surface area contributed by atoms with E-state index in [0.29, 0.717) is 29.2 Å². The first kappa shape index (κ1) is 22.3. The number of phenolic OH excluding ortho intramolecular Hbond substituents is 1. The normalized spacial score (nSPS) is 15.1. The van der Waals surface area contributed by atoms with Gasteiger partial charge in [-0.15, -0.1) is 0 Å². The number of carbonyl (C=O) groups excluding carboxylic acids is 1. The van der Waals surface area contributed by atoms with E-state index in [2.05, 4.69) is 50.4 Å². The zero-order chi connectivity index (χ0) is 23.5. The van der Waals surface area contributed by atoms with Crippen LogP contribution in [0.2, 0.25) is 0 Å². The van der Waals surface area contributed by atoms with Gasteiger partial charge in [0.2, 0.25) is 0 Å². The van der Waals surface area contributed by atoms with Gasteiger partial charge in [0.05, 0.1) is 11.1 Å². The van der Waals surface area contributed by atoms with Crippen molar-refractivity contribution in [2.24, 2.45) is 0 Å². The van der Waals surface area contributed by atoms with E-state index in [-0.39, 0.29) is 11.5 Å². The molecule has 6 nitrogen and oxygen atoms in total. The van der Waals surface area contributed by atoms with Crippen LogP contribution in [0.1, 0.15) is 53.2 Å². The highest BCUT2D eigenvalue weighted by molar-refractivity contribution is 6.08. The summed E-state index contributed by atoms with van der Waals surface area (Å²) in [4.78, 5) is 20.4. The van der Waals surface area contributed by atoms with E-state index >= 15 is 0 Å². The largest absolute Gasteiger partial charge is 0.508 e. The fourth-order valence-corrected chi connectivity index (χ4v) is 4.99. The Kier molecular flexibility index (Phi) is 6.41. The number of ketones is 1. The third kappa shape index (κ3) is 4.73. The highest BCUT2D eigenvalue weighted by atomic mass is 16.3. The van der Waals surface area contributed by atoms with Crippen LogP contribution < -0.4 is 0 Å². The summed E-state index contributed by atoms with van der Waals surface area (Å²) in [6.07, 6.45) is 3.68. The lowest BCUT2D eigenvalue weighted by atomic mass is 9.89. The first-order chi connectivity index (χ1) is 16.6. The summed E-state index contributed by atoms with van der Waals surface area (Å²) in [5.74, 6) is 0.965. The van der Waals surface area contributed by atoms with Gasteiger partial charge in [-0.2, -0.15) is 5.10 Å². The second-order valence-corrected chi connectivity index (χ2v) is 9.20. The third-order valence-electron chi connectivity index (χ3n) is 6.91. The maximum atomic E-state index is 13.3. The topological polar surface area (TPSA) is 82.1 Å². The monoisotopic (exact) mass is 454 g/mol. The van der Waals surface area contributed by atoms with Crippen LogP contribution in [0.4, 0.5) is 0 Å². The number of likely N-dealkylation sites (tertiary alicyclic amines) is 1. The van der Waals surface area contributed by atoms with Gasteiger partial charge >= 0.3 is 0 Å². The SMILES string of the molecule is Cc1[nH]nc2nc(-c3ccc(O)cc3)cc(C(=O)CCCN3CCC(c4ccccc4)CC3)c12. The Morgan fingerprint density at radius 1 is 1.09 bits per heavy atom. The molecule has 0 bridgehead atoms. The second-order valence-electron chi connectivity index (χ2n) is 9.20. The quantitative estimate of drug-likeness (QED) is 0.361. The molecule has 2 aromatic heterocycles. The number of pyridine rings is 1. The van der Waals surface area contributed by atoms with Gasteiger partial charge in [0, 0.05) is 23.2 Å². The number of nitrogens with zero attached hydrogens (tertiary/aromatic N) is 3. The molecule has 4 aromatic rings. The molecule has 2 N–H and O–H groups in total. The number of hydrogen-bond acceptors (Lipinski definition) is 5. The summed E-state index contributed by atoms with van der Waals surface area (Å²) >= 11 is 0. The van der Waals surface area contributed by atoms with Crippen LogP contribution in [0.5, 0.6) is 5.75 Å². The predicted octanol–water partition coefficient (Wildman–Crippen LogP) is 5.48. The Bertz CT molecular complexity index is 1270. The molecular formula is C28H30N4O2. The molecular weight excluding hydrogens is 424 g/mol. The Labute approximate surface area is 199 Å². The number of hydrogen-bond donors (Lipinski definition) is 2. The Hall–Kier alpha value is -3.51. The minimum absolute atomic E-state index is 0.121. The smallest absolute Gasteiger partial charge is 0.182 e. The summed E-state index contributed by atoms with van der Waals surface area (Å²) in [5, 5.41) is 17.7. The number of piperidine rings is 1. The van der Waals surface area contributed by atoms with Crippen molar-refractivity contribution in [3.8, 4) is 17.0 Å².